The monoisotopic (exact) mass is 210 g/mol. The maximum Gasteiger partial charge on any atom is 0.226 e. The van der Waals surface area contributed by atoms with Crippen molar-refractivity contribution in [3.8, 4) is 0 Å². The summed E-state index contributed by atoms with van der Waals surface area (Å²) in [6, 6.07) is 0.205. The molecule has 3 heteroatoms. The fourth-order valence-electron chi connectivity index (χ4n) is 2.71. The topological polar surface area (TPSA) is 46.3 Å². The number of carbonyl (C=O) groups excluding carboxylic acids is 1. The molecule has 2 atom stereocenters. The summed E-state index contributed by atoms with van der Waals surface area (Å²) in [6.07, 6.45) is 4.50. The first-order valence-corrected chi connectivity index (χ1v) is 6.08. The van der Waals surface area contributed by atoms with E-state index >= 15 is 0 Å². The molecule has 1 saturated heterocycles. The van der Waals surface area contributed by atoms with Gasteiger partial charge in [-0.05, 0) is 31.1 Å². The average Bonchev–Trinajstić information content (AvgIpc) is 2.26. The molecule has 0 aromatic rings. The first kappa shape index (κ1) is 10.9. The minimum atomic E-state index is 0.00846. The van der Waals surface area contributed by atoms with Crippen LogP contribution in [0.15, 0.2) is 0 Å². The molecule has 1 aliphatic carbocycles. The van der Waals surface area contributed by atoms with E-state index in [0.717, 1.165) is 19.5 Å². The van der Waals surface area contributed by atoms with Crippen LogP contribution in [0, 0.1) is 11.3 Å². The summed E-state index contributed by atoms with van der Waals surface area (Å²) < 4.78 is 0. The van der Waals surface area contributed by atoms with E-state index in [-0.39, 0.29) is 17.4 Å². The van der Waals surface area contributed by atoms with Crippen molar-refractivity contribution < 1.29 is 4.79 Å². The minimum Gasteiger partial charge on any atom is -0.342 e. The molecule has 0 aromatic carbocycles. The van der Waals surface area contributed by atoms with E-state index in [1.54, 1.807) is 0 Å². The Kier molecular flexibility index (Phi) is 2.75. The van der Waals surface area contributed by atoms with Crippen LogP contribution in [0.4, 0.5) is 0 Å². The van der Waals surface area contributed by atoms with E-state index in [4.69, 9.17) is 5.73 Å². The summed E-state index contributed by atoms with van der Waals surface area (Å²) in [6.45, 7) is 6.16. The number of hydrogen-bond donors (Lipinski definition) is 1. The zero-order valence-corrected chi connectivity index (χ0v) is 9.83. The summed E-state index contributed by atoms with van der Waals surface area (Å²) in [5.41, 5.74) is 5.95. The summed E-state index contributed by atoms with van der Waals surface area (Å²) in [7, 11) is 0. The number of rotatable bonds is 1. The lowest BCUT2D eigenvalue weighted by Gasteiger charge is -2.51. The van der Waals surface area contributed by atoms with E-state index in [9.17, 15) is 4.79 Å². The van der Waals surface area contributed by atoms with Crippen LogP contribution < -0.4 is 5.73 Å². The van der Waals surface area contributed by atoms with Gasteiger partial charge in [-0.15, -0.1) is 0 Å². The second kappa shape index (κ2) is 3.78. The molecule has 15 heavy (non-hydrogen) atoms. The molecular weight excluding hydrogens is 188 g/mol. The Hall–Kier alpha value is -0.570. The third kappa shape index (κ3) is 1.78. The van der Waals surface area contributed by atoms with Crippen LogP contribution in [0.5, 0.6) is 0 Å². The molecule has 86 valence electrons. The van der Waals surface area contributed by atoms with Gasteiger partial charge >= 0.3 is 0 Å². The van der Waals surface area contributed by atoms with Crippen molar-refractivity contribution in [3.63, 3.8) is 0 Å². The van der Waals surface area contributed by atoms with Crippen molar-refractivity contribution in [3.05, 3.63) is 0 Å². The number of hydrogen-bond acceptors (Lipinski definition) is 2. The standard InChI is InChI=1S/C12H22N2O/c1-12(2)9(8-10(12)13)11(15)14-6-4-3-5-7-14/h9-10H,3-8,13H2,1-2H3/t9-,10-/m0/s1. The molecule has 0 radical (unpaired) electrons. The van der Waals surface area contributed by atoms with Gasteiger partial charge in [0, 0.05) is 25.0 Å². The molecule has 1 saturated carbocycles. The summed E-state index contributed by atoms with van der Waals surface area (Å²) in [5, 5.41) is 0. The van der Waals surface area contributed by atoms with Crippen molar-refractivity contribution >= 4 is 5.91 Å². The summed E-state index contributed by atoms with van der Waals surface area (Å²) in [4.78, 5) is 14.3. The van der Waals surface area contributed by atoms with Crippen LogP contribution in [0.1, 0.15) is 39.5 Å². The van der Waals surface area contributed by atoms with Gasteiger partial charge in [0.1, 0.15) is 0 Å². The molecule has 3 nitrogen and oxygen atoms in total. The van der Waals surface area contributed by atoms with Crippen LogP contribution in [0.3, 0.4) is 0 Å². The van der Waals surface area contributed by atoms with Gasteiger partial charge in [0.15, 0.2) is 0 Å². The predicted octanol–water partition coefficient (Wildman–Crippen LogP) is 1.37. The van der Waals surface area contributed by atoms with E-state index in [1.165, 1.54) is 19.3 Å². The zero-order chi connectivity index (χ0) is 11.1. The molecule has 2 fully saturated rings. The van der Waals surface area contributed by atoms with Crippen molar-refractivity contribution in [2.24, 2.45) is 17.1 Å². The molecule has 1 aliphatic heterocycles. The Morgan fingerprint density at radius 3 is 2.33 bits per heavy atom. The van der Waals surface area contributed by atoms with E-state index < -0.39 is 0 Å². The number of carbonyl (C=O) groups is 1. The van der Waals surface area contributed by atoms with Gasteiger partial charge in [0.2, 0.25) is 5.91 Å². The molecule has 0 unspecified atom stereocenters. The van der Waals surface area contributed by atoms with E-state index in [1.807, 2.05) is 4.90 Å². The summed E-state index contributed by atoms with van der Waals surface area (Å²) >= 11 is 0. The molecule has 2 rings (SSSR count). The number of nitrogens with two attached hydrogens (primary N) is 1. The molecule has 2 N–H and O–H groups in total. The van der Waals surface area contributed by atoms with Crippen LogP contribution in [0.25, 0.3) is 0 Å². The average molecular weight is 210 g/mol. The third-order valence-electron chi connectivity index (χ3n) is 4.31. The predicted molar refractivity (Wildman–Crippen MR) is 60.3 cm³/mol. The highest BCUT2D eigenvalue weighted by Gasteiger charge is 2.50. The van der Waals surface area contributed by atoms with E-state index in [2.05, 4.69) is 13.8 Å². The van der Waals surface area contributed by atoms with E-state index in [0.29, 0.717) is 5.91 Å². The fraction of sp³-hybridized carbons (Fsp3) is 0.917. The highest BCUT2D eigenvalue weighted by Crippen LogP contribution is 2.46. The highest BCUT2D eigenvalue weighted by atomic mass is 16.2. The smallest absolute Gasteiger partial charge is 0.226 e. The lowest BCUT2D eigenvalue weighted by molar-refractivity contribution is -0.148. The van der Waals surface area contributed by atoms with Gasteiger partial charge in [-0.1, -0.05) is 13.8 Å². The van der Waals surface area contributed by atoms with Gasteiger partial charge in [-0.3, -0.25) is 4.79 Å². The van der Waals surface area contributed by atoms with Crippen molar-refractivity contribution in [2.45, 2.75) is 45.6 Å². The van der Waals surface area contributed by atoms with Gasteiger partial charge in [-0.2, -0.15) is 0 Å². The highest BCUT2D eigenvalue weighted by molar-refractivity contribution is 5.81. The quantitative estimate of drug-likeness (QED) is 0.710. The van der Waals surface area contributed by atoms with Crippen LogP contribution in [0.2, 0.25) is 0 Å². The zero-order valence-electron chi connectivity index (χ0n) is 9.83. The van der Waals surface area contributed by atoms with Gasteiger partial charge in [0.25, 0.3) is 0 Å². The largest absolute Gasteiger partial charge is 0.342 e. The molecule has 2 aliphatic rings. The lowest BCUT2D eigenvalue weighted by atomic mass is 9.58. The second-order valence-electron chi connectivity index (χ2n) is 5.60. The Morgan fingerprint density at radius 1 is 1.27 bits per heavy atom. The van der Waals surface area contributed by atoms with Gasteiger partial charge in [-0.25, -0.2) is 0 Å². The SMILES string of the molecule is CC1(C)[C@@H](N)C[C@H]1C(=O)N1CCCCC1. The van der Waals surface area contributed by atoms with Crippen LogP contribution in [-0.4, -0.2) is 29.9 Å². The number of amides is 1. The first-order chi connectivity index (χ1) is 7.03. The van der Waals surface area contributed by atoms with Crippen molar-refractivity contribution in [1.82, 2.24) is 4.90 Å². The molecule has 0 aromatic heterocycles. The van der Waals surface area contributed by atoms with Crippen molar-refractivity contribution in [1.29, 1.82) is 0 Å². The lowest BCUT2D eigenvalue weighted by Crippen LogP contribution is -2.60. The maximum absolute atomic E-state index is 12.2. The molecule has 1 heterocycles. The van der Waals surface area contributed by atoms with Gasteiger partial charge < -0.3 is 10.6 Å². The maximum atomic E-state index is 12.2. The Bertz CT molecular complexity index is 256. The number of nitrogens with zero attached hydrogens (tertiary/aromatic N) is 1. The number of likely N-dealkylation sites (tertiary alicyclic amines) is 1. The van der Waals surface area contributed by atoms with Crippen LogP contribution >= 0.6 is 0 Å². The Morgan fingerprint density at radius 2 is 1.87 bits per heavy atom. The second-order valence-corrected chi connectivity index (χ2v) is 5.60. The molecule has 0 spiro atoms. The summed E-state index contributed by atoms with van der Waals surface area (Å²) in [5.74, 6) is 0.520. The minimum absolute atomic E-state index is 0.00846. The van der Waals surface area contributed by atoms with Crippen molar-refractivity contribution in [2.75, 3.05) is 13.1 Å². The normalized spacial score (nSPS) is 34.7. The Labute approximate surface area is 92.0 Å². The van der Waals surface area contributed by atoms with Crippen LogP contribution in [-0.2, 0) is 4.79 Å². The van der Waals surface area contributed by atoms with Gasteiger partial charge in [0.05, 0.1) is 0 Å². The fourth-order valence-corrected chi connectivity index (χ4v) is 2.71. The molecular formula is C12H22N2O. The molecule has 1 amide bonds. The Balaban J connectivity index is 1.96. The molecule has 0 bridgehead atoms. The third-order valence-corrected chi connectivity index (χ3v) is 4.31. The first-order valence-electron chi connectivity index (χ1n) is 6.08. The number of piperidine rings is 1.